The van der Waals surface area contributed by atoms with Gasteiger partial charge in [0, 0.05) is 18.2 Å². The Morgan fingerprint density at radius 3 is 2.56 bits per heavy atom. The lowest BCUT2D eigenvalue weighted by atomic mass is 9.99. The second kappa shape index (κ2) is 7.44. The van der Waals surface area contributed by atoms with Gasteiger partial charge in [-0.1, -0.05) is 6.07 Å². The van der Waals surface area contributed by atoms with Crippen molar-refractivity contribution in [2.75, 3.05) is 27.6 Å². The summed E-state index contributed by atoms with van der Waals surface area (Å²) >= 11 is 0. The van der Waals surface area contributed by atoms with E-state index in [-0.39, 0.29) is 19.4 Å². The first-order chi connectivity index (χ1) is 12.2. The highest BCUT2D eigenvalue weighted by atomic mass is 16.7. The zero-order valence-electron chi connectivity index (χ0n) is 14.5. The predicted molar refractivity (Wildman–Crippen MR) is 91.2 cm³/mol. The highest BCUT2D eigenvalue weighted by Crippen LogP contribution is 2.45. The Balaban J connectivity index is 2.10. The van der Waals surface area contributed by atoms with Crippen molar-refractivity contribution in [1.29, 1.82) is 0 Å². The Morgan fingerprint density at radius 1 is 1.04 bits per heavy atom. The van der Waals surface area contributed by atoms with Gasteiger partial charge in [0.15, 0.2) is 18.3 Å². The van der Waals surface area contributed by atoms with Crippen molar-refractivity contribution < 1.29 is 28.5 Å². The fourth-order valence-electron chi connectivity index (χ4n) is 2.80. The SMILES string of the molecule is CCOc1ccc(-c2ccc3c(c2)COC3=O)c(OCOC)c1OC. The molecule has 0 spiro atoms. The maximum absolute atomic E-state index is 11.6. The lowest BCUT2D eigenvalue weighted by molar-refractivity contribution is 0.0492. The van der Waals surface area contributed by atoms with Gasteiger partial charge in [-0.3, -0.25) is 0 Å². The number of methoxy groups -OCH3 is 2. The molecule has 0 saturated carbocycles. The van der Waals surface area contributed by atoms with Crippen LogP contribution >= 0.6 is 0 Å². The molecule has 2 aromatic carbocycles. The minimum atomic E-state index is -0.290. The number of esters is 1. The zero-order valence-corrected chi connectivity index (χ0v) is 14.5. The number of carbonyl (C=O) groups is 1. The molecule has 25 heavy (non-hydrogen) atoms. The van der Waals surface area contributed by atoms with Crippen molar-refractivity contribution in [3.05, 3.63) is 41.5 Å². The number of hydrogen-bond acceptors (Lipinski definition) is 6. The molecule has 0 saturated heterocycles. The van der Waals surface area contributed by atoms with Gasteiger partial charge < -0.3 is 23.7 Å². The van der Waals surface area contributed by atoms with Crippen LogP contribution in [-0.2, 0) is 16.1 Å². The molecule has 0 bridgehead atoms. The highest BCUT2D eigenvalue weighted by Gasteiger charge is 2.23. The second-order valence-electron chi connectivity index (χ2n) is 5.41. The third kappa shape index (κ3) is 3.25. The minimum absolute atomic E-state index is 0.0749. The van der Waals surface area contributed by atoms with Gasteiger partial charge >= 0.3 is 5.97 Å². The van der Waals surface area contributed by atoms with Gasteiger partial charge in [0.25, 0.3) is 0 Å². The molecular formula is C19H20O6. The number of fused-ring (bicyclic) bond motifs is 1. The van der Waals surface area contributed by atoms with Gasteiger partial charge in [-0.2, -0.15) is 0 Å². The molecule has 6 heteroatoms. The van der Waals surface area contributed by atoms with Gasteiger partial charge in [0.2, 0.25) is 5.75 Å². The lowest BCUT2D eigenvalue weighted by Gasteiger charge is -2.18. The summed E-state index contributed by atoms with van der Waals surface area (Å²) in [4.78, 5) is 11.6. The molecule has 0 atom stereocenters. The third-order valence-corrected chi connectivity index (χ3v) is 3.90. The largest absolute Gasteiger partial charge is 0.490 e. The first-order valence-corrected chi connectivity index (χ1v) is 7.95. The Bertz CT molecular complexity index is 784. The summed E-state index contributed by atoms with van der Waals surface area (Å²) in [5.74, 6) is 1.34. The fourth-order valence-corrected chi connectivity index (χ4v) is 2.80. The average Bonchev–Trinajstić information content (AvgIpc) is 3.00. The number of ether oxygens (including phenoxy) is 5. The molecule has 2 aromatic rings. The van der Waals surface area contributed by atoms with Gasteiger partial charge in [0.05, 0.1) is 19.3 Å². The Kier molecular flexibility index (Phi) is 5.09. The summed E-state index contributed by atoms with van der Waals surface area (Å²) < 4.78 is 27.0. The first kappa shape index (κ1) is 17.1. The van der Waals surface area contributed by atoms with Crippen LogP contribution in [0.4, 0.5) is 0 Å². The summed E-state index contributed by atoms with van der Waals surface area (Å²) in [6, 6.07) is 9.29. The van der Waals surface area contributed by atoms with Crippen LogP contribution in [0.15, 0.2) is 30.3 Å². The van der Waals surface area contributed by atoms with Crippen molar-refractivity contribution in [3.63, 3.8) is 0 Å². The molecule has 1 heterocycles. The average molecular weight is 344 g/mol. The maximum atomic E-state index is 11.6. The maximum Gasteiger partial charge on any atom is 0.338 e. The van der Waals surface area contributed by atoms with Crippen LogP contribution in [0.3, 0.4) is 0 Å². The van der Waals surface area contributed by atoms with Crippen LogP contribution in [0.2, 0.25) is 0 Å². The van der Waals surface area contributed by atoms with Crippen LogP contribution in [0.5, 0.6) is 17.2 Å². The third-order valence-electron chi connectivity index (χ3n) is 3.90. The molecular weight excluding hydrogens is 324 g/mol. The van der Waals surface area contributed by atoms with E-state index in [4.69, 9.17) is 23.7 Å². The second-order valence-corrected chi connectivity index (χ2v) is 5.41. The smallest absolute Gasteiger partial charge is 0.338 e. The number of benzene rings is 2. The van der Waals surface area contributed by atoms with Crippen molar-refractivity contribution >= 4 is 5.97 Å². The van der Waals surface area contributed by atoms with E-state index >= 15 is 0 Å². The molecule has 132 valence electrons. The quantitative estimate of drug-likeness (QED) is 0.566. The molecule has 1 aliphatic heterocycles. The molecule has 0 N–H and O–H groups in total. The fraction of sp³-hybridized carbons (Fsp3) is 0.316. The Hall–Kier alpha value is -2.73. The van der Waals surface area contributed by atoms with Gasteiger partial charge in [-0.15, -0.1) is 0 Å². The molecule has 0 aliphatic carbocycles. The van der Waals surface area contributed by atoms with E-state index in [1.807, 2.05) is 31.2 Å². The summed E-state index contributed by atoms with van der Waals surface area (Å²) in [6.07, 6.45) is 0. The molecule has 1 aliphatic rings. The van der Waals surface area contributed by atoms with Crippen LogP contribution in [-0.4, -0.2) is 33.6 Å². The standard InChI is InChI=1S/C19H20O6/c1-4-23-16-8-7-14(17(18(16)22-3)25-11-21-2)12-5-6-15-13(9-12)10-24-19(15)20/h5-9H,4,10-11H2,1-3H3. The van der Waals surface area contributed by atoms with Gasteiger partial charge in [0.1, 0.15) is 6.61 Å². The molecule has 0 radical (unpaired) electrons. The van der Waals surface area contributed by atoms with Gasteiger partial charge in [-0.25, -0.2) is 4.79 Å². The number of rotatable bonds is 7. The van der Waals surface area contributed by atoms with E-state index in [1.54, 1.807) is 20.3 Å². The molecule has 0 unspecified atom stereocenters. The Labute approximate surface area is 146 Å². The summed E-state index contributed by atoms with van der Waals surface area (Å²) in [5, 5.41) is 0. The highest BCUT2D eigenvalue weighted by molar-refractivity contribution is 5.94. The van der Waals surface area contributed by atoms with Crippen molar-refractivity contribution in [2.24, 2.45) is 0 Å². The monoisotopic (exact) mass is 344 g/mol. The van der Waals surface area contributed by atoms with E-state index in [0.717, 1.165) is 16.7 Å². The van der Waals surface area contributed by atoms with Crippen LogP contribution < -0.4 is 14.2 Å². The minimum Gasteiger partial charge on any atom is -0.490 e. The number of cyclic esters (lactones) is 1. The van der Waals surface area contributed by atoms with Crippen molar-refractivity contribution in [1.82, 2.24) is 0 Å². The summed E-state index contributed by atoms with van der Waals surface area (Å²) in [7, 11) is 3.12. The van der Waals surface area contributed by atoms with E-state index < -0.39 is 0 Å². The van der Waals surface area contributed by atoms with E-state index in [0.29, 0.717) is 29.4 Å². The van der Waals surface area contributed by atoms with Crippen LogP contribution in [0.1, 0.15) is 22.8 Å². The van der Waals surface area contributed by atoms with Gasteiger partial charge in [-0.05, 0) is 36.8 Å². The number of carbonyl (C=O) groups excluding carboxylic acids is 1. The molecule has 0 fully saturated rings. The molecule has 0 aromatic heterocycles. The van der Waals surface area contributed by atoms with Crippen molar-refractivity contribution in [3.8, 4) is 28.4 Å². The lowest BCUT2D eigenvalue weighted by Crippen LogP contribution is -2.04. The predicted octanol–water partition coefficient (Wildman–Crippen LogP) is 3.41. The normalized spacial score (nSPS) is 12.5. The number of hydrogen-bond donors (Lipinski definition) is 0. The summed E-state index contributed by atoms with van der Waals surface area (Å²) in [5.41, 5.74) is 3.16. The molecule has 3 rings (SSSR count). The van der Waals surface area contributed by atoms with Crippen LogP contribution in [0, 0.1) is 0 Å². The zero-order chi connectivity index (χ0) is 17.8. The topological polar surface area (TPSA) is 63.2 Å². The van der Waals surface area contributed by atoms with Crippen LogP contribution in [0.25, 0.3) is 11.1 Å². The van der Waals surface area contributed by atoms with E-state index in [1.165, 1.54) is 0 Å². The molecule has 6 nitrogen and oxygen atoms in total. The van der Waals surface area contributed by atoms with Crippen molar-refractivity contribution in [2.45, 2.75) is 13.5 Å². The summed E-state index contributed by atoms with van der Waals surface area (Å²) in [6.45, 7) is 2.77. The molecule has 0 amide bonds. The first-order valence-electron chi connectivity index (χ1n) is 7.95. The van der Waals surface area contributed by atoms with E-state index in [2.05, 4.69) is 0 Å². The van der Waals surface area contributed by atoms with E-state index in [9.17, 15) is 4.79 Å². The Morgan fingerprint density at radius 2 is 1.84 bits per heavy atom.